The maximum atomic E-state index is 13.2. The van der Waals surface area contributed by atoms with Gasteiger partial charge in [-0.3, -0.25) is 14.6 Å². The molecule has 0 aliphatic heterocycles. The largest absolute Gasteiger partial charge is 0.345 e. The third kappa shape index (κ3) is 4.86. The number of hydrogen-bond donors (Lipinski definition) is 1. The summed E-state index contributed by atoms with van der Waals surface area (Å²) in [6.07, 6.45) is 4.08. The van der Waals surface area contributed by atoms with E-state index in [2.05, 4.69) is 10.3 Å². The Bertz CT molecular complexity index is 747. The van der Waals surface area contributed by atoms with Crippen molar-refractivity contribution in [2.24, 2.45) is 5.41 Å². The summed E-state index contributed by atoms with van der Waals surface area (Å²) in [4.78, 5) is 30.6. The summed E-state index contributed by atoms with van der Waals surface area (Å²) < 4.78 is 13.2. The Balaban J connectivity index is 1.98. The lowest BCUT2D eigenvalue weighted by Gasteiger charge is -2.28. The first kappa shape index (κ1) is 18.6. The van der Waals surface area contributed by atoms with E-state index in [9.17, 15) is 14.0 Å². The molecule has 6 heteroatoms. The van der Waals surface area contributed by atoms with Gasteiger partial charge in [0, 0.05) is 31.7 Å². The van der Waals surface area contributed by atoms with Crippen molar-refractivity contribution in [3.8, 4) is 0 Å². The average Bonchev–Trinajstić information content (AvgIpc) is 2.59. The number of nitrogens with zero attached hydrogens (tertiary/aromatic N) is 2. The quantitative estimate of drug-likeness (QED) is 0.821. The van der Waals surface area contributed by atoms with Crippen LogP contribution in [0, 0.1) is 11.2 Å². The van der Waals surface area contributed by atoms with Crippen LogP contribution < -0.4 is 5.32 Å². The van der Waals surface area contributed by atoms with Gasteiger partial charge in [0.25, 0.3) is 0 Å². The van der Waals surface area contributed by atoms with E-state index < -0.39 is 17.1 Å². The van der Waals surface area contributed by atoms with Crippen LogP contribution in [0.25, 0.3) is 0 Å². The number of carbonyl (C=O) groups excluding carboxylic acids is 2. The molecule has 1 heterocycles. The summed E-state index contributed by atoms with van der Waals surface area (Å²) in [6, 6.07) is 9.36. The zero-order chi connectivity index (χ0) is 18.4. The maximum Gasteiger partial charge on any atom is 0.239 e. The average molecular weight is 343 g/mol. The number of pyridine rings is 1. The minimum Gasteiger partial charge on any atom is -0.345 e. The first-order valence-corrected chi connectivity index (χ1v) is 8.02. The minimum atomic E-state index is -1.26. The highest BCUT2D eigenvalue weighted by Crippen LogP contribution is 2.22. The molecule has 0 atom stereocenters. The summed E-state index contributed by atoms with van der Waals surface area (Å²) in [7, 11) is 1.67. The Kier molecular flexibility index (Phi) is 5.85. The molecule has 5 nitrogen and oxygen atoms in total. The van der Waals surface area contributed by atoms with Crippen LogP contribution in [-0.2, 0) is 16.0 Å². The number of benzene rings is 1. The van der Waals surface area contributed by atoms with Crippen molar-refractivity contribution >= 4 is 17.5 Å². The zero-order valence-corrected chi connectivity index (χ0v) is 14.6. The molecule has 0 unspecified atom stereocenters. The number of likely N-dealkylation sites (N-methyl/N-ethyl adjacent to an activating group) is 1. The van der Waals surface area contributed by atoms with Crippen molar-refractivity contribution in [2.45, 2.75) is 20.3 Å². The monoisotopic (exact) mass is 343 g/mol. The molecule has 25 heavy (non-hydrogen) atoms. The highest BCUT2D eigenvalue weighted by atomic mass is 19.1. The lowest BCUT2D eigenvalue weighted by Crippen LogP contribution is -2.46. The van der Waals surface area contributed by atoms with Crippen LogP contribution in [0.4, 0.5) is 10.1 Å². The van der Waals surface area contributed by atoms with Crippen LogP contribution in [0.1, 0.15) is 19.4 Å². The molecule has 0 spiro atoms. The fourth-order valence-corrected chi connectivity index (χ4v) is 2.38. The summed E-state index contributed by atoms with van der Waals surface area (Å²) in [5, 5.41) is 2.60. The molecule has 1 aromatic carbocycles. The number of amides is 2. The smallest absolute Gasteiger partial charge is 0.239 e. The van der Waals surface area contributed by atoms with Crippen LogP contribution >= 0.6 is 0 Å². The zero-order valence-electron chi connectivity index (χ0n) is 14.6. The fourth-order valence-electron chi connectivity index (χ4n) is 2.38. The SMILES string of the molecule is CN(CCc1ccncc1)C(=O)C(C)(C)C(=O)Nc1cccc(F)c1. The molecule has 132 valence electrons. The van der Waals surface area contributed by atoms with Crippen LogP contribution in [0.15, 0.2) is 48.8 Å². The van der Waals surface area contributed by atoms with Gasteiger partial charge in [-0.1, -0.05) is 6.07 Å². The van der Waals surface area contributed by atoms with Crippen LogP contribution in [0.5, 0.6) is 0 Å². The standard InChI is InChI=1S/C19H22FN3O2/c1-19(2,17(24)22-16-6-4-5-15(20)13-16)18(25)23(3)12-9-14-7-10-21-11-8-14/h4-8,10-11,13H,9,12H2,1-3H3,(H,22,24). The van der Waals surface area contributed by atoms with Gasteiger partial charge < -0.3 is 10.2 Å². The van der Waals surface area contributed by atoms with Crippen LogP contribution in [-0.4, -0.2) is 35.3 Å². The molecule has 0 fully saturated rings. The Labute approximate surface area is 146 Å². The molecular weight excluding hydrogens is 321 g/mol. The van der Waals surface area contributed by atoms with Crippen molar-refractivity contribution in [1.82, 2.24) is 9.88 Å². The Morgan fingerprint density at radius 3 is 2.52 bits per heavy atom. The molecule has 0 bridgehead atoms. The molecule has 0 aliphatic rings. The number of hydrogen-bond acceptors (Lipinski definition) is 3. The molecule has 1 aromatic heterocycles. The van der Waals surface area contributed by atoms with Crippen molar-refractivity contribution in [2.75, 3.05) is 18.9 Å². The van der Waals surface area contributed by atoms with E-state index in [-0.39, 0.29) is 5.91 Å². The summed E-state index contributed by atoms with van der Waals surface area (Å²) in [5.74, 6) is -1.22. The number of rotatable bonds is 6. The summed E-state index contributed by atoms with van der Waals surface area (Å²) >= 11 is 0. The van der Waals surface area contributed by atoms with Gasteiger partial charge in [-0.2, -0.15) is 0 Å². The Morgan fingerprint density at radius 2 is 1.88 bits per heavy atom. The van der Waals surface area contributed by atoms with Crippen LogP contribution in [0.3, 0.4) is 0 Å². The topological polar surface area (TPSA) is 62.3 Å². The molecule has 2 amide bonds. The molecule has 0 saturated heterocycles. The van der Waals surface area contributed by atoms with Crippen molar-refractivity contribution in [3.63, 3.8) is 0 Å². The lowest BCUT2D eigenvalue weighted by molar-refractivity contribution is -0.145. The molecule has 2 rings (SSSR count). The predicted molar refractivity (Wildman–Crippen MR) is 94.4 cm³/mol. The van der Waals surface area contributed by atoms with E-state index in [1.165, 1.54) is 23.1 Å². The van der Waals surface area contributed by atoms with Gasteiger partial charge in [0.1, 0.15) is 11.2 Å². The van der Waals surface area contributed by atoms with Crippen molar-refractivity contribution < 1.29 is 14.0 Å². The first-order valence-electron chi connectivity index (χ1n) is 8.02. The lowest BCUT2D eigenvalue weighted by atomic mass is 9.90. The van der Waals surface area contributed by atoms with E-state index in [4.69, 9.17) is 0 Å². The van der Waals surface area contributed by atoms with Gasteiger partial charge in [0.15, 0.2) is 0 Å². The van der Waals surface area contributed by atoms with Gasteiger partial charge in [0.2, 0.25) is 11.8 Å². The van der Waals surface area contributed by atoms with E-state index in [0.717, 1.165) is 5.56 Å². The maximum absolute atomic E-state index is 13.2. The second-order valence-electron chi connectivity index (χ2n) is 6.42. The van der Waals surface area contributed by atoms with Gasteiger partial charge >= 0.3 is 0 Å². The van der Waals surface area contributed by atoms with Gasteiger partial charge in [-0.15, -0.1) is 0 Å². The highest BCUT2D eigenvalue weighted by molar-refractivity contribution is 6.09. The third-order valence-electron chi connectivity index (χ3n) is 4.02. The number of anilines is 1. The number of nitrogens with one attached hydrogen (secondary N) is 1. The summed E-state index contributed by atoms with van der Waals surface area (Å²) in [5.41, 5.74) is 0.126. The molecule has 0 saturated carbocycles. The normalized spacial score (nSPS) is 11.0. The first-order chi connectivity index (χ1) is 11.8. The Morgan fingerprint density at radius 1 is 1.20 bits per heavy atom. The number of aromatic nitrogens is 1. The summed E-state index contributed by atoms with van der Waals surface area (Å²) in [6.45, 7) is 3.61. The second kappa shape index (κ2) is 7.88. The van der Waals surface area contributed by atoms with E-state index >= 15 is 0 Å². The third-order valence-corrected chi connectivity index (χ3v) is 4.02. The van der Waals surface area contributed by atoms with Crippen molar-refractivity contribution in [3.05, 3.63) is 60.2 Å². The molecular formula is C19H22FN3O2. The molecule has 0 aliphatic carbocycles. The molecule has 1 N–H and O–H groups in total. The number of carbonyl (C=O) groups is 2. The number of halogens is 1. The van der Waals surface area contributed by atoms with E-state index in [1.807, 2.05) is 12.1 Å². The fraction of sp³-hybridized carbons (Fsp3) is 0.316. The minimum absolute atomic E-state index is 0.296. The molecule has 0 radical (unpaired) electrons. The van der Waals surface area contributed by atoms with Crippen molar-refractivity contribution in [1.29, 1.82) is 0 Å². The molecule has 2 aromatic rings. The Hall–Kier alpha value is -2.76. The predicted octanol–water partition coefficient (Wildman–Crippen LogP) is 2.89. The van der Waals surface area contributed by atoms with E-state index in [1.54, 1.807) is 39.4 Å². The van der Waals surface area contributed by atoms with Gasteiger partial charge in [-0.05, 0) is 56.2 Å². The van der Waals surface area contributed by atoms with Crippen LogP contribution in [0.2, 0.25) is 0 Å². The van der Waals surface area contributed by atoms with Gasteiger partial charge in [0.05, 0.1) is 0 Å². The second-order valence-corrected chi connectivity index (χ2v) is 6.42. The van der Waals surface area contributed by atoms with E-state index in [0.29, 0.717) is 18.7 Å². The van der Waals surface area contributed by atoms with Gasteiger partial charge in [-0.25, -0.2) is 4.39 Å². The highest BCUT2D eigenvalue weighted by Gasteiger charge is 2.38.